The van der Waals surface area contributed by atoms with Gasteiger partial charge in [0.05, 0.1) is 0 Å². The fourth-order valence-corrected chi connectivity index (χ4v) is 0.918. The molecule has 1 atom stereocenters. The van der Waals surface area contributed by atoms with Crippen molar-refractivity contribution in [3.63, 3.8) is 0 Å². The summed E-state index contributed by atoms with van der Waals surface area (Å²) in [5.74, 6) is -0.249. The van der Waals surface area contributed by atoms with E-state index in [-0.39, 0.29) is 5.41 Å². The average Bonchev–Trinajstić information content (AvgIpc) is 2.49. The first-order chi connectivity index (χ1) is 6.32. The van der Waals surface area contributed by atoms with Gasteiger partial charge in [0.2, 0.25) is 0 Å². The van der Waals surface area contributed by atoms with Gasteiger partial charge in [-0.3, -0.25) is 0 Å². The van der Waals surface area contributed by atoms with Crippen molar-refractivity contribution < 1.29 is 9.90 Å². The van der Waals surface area contributed by atoms with Crippen LogP contribution in [0.1, 0.15) is 39.6 Å². The smallest absolute Gasteiger partial charge is 0.328 e. The molecule has 5 nitrogen and oxygen atoms in total. The molecule has 1 aromatic rings. The third-order valence-corrected chi connectivity index (χ3v) is 1.93. The van der Waals surface area contributed by atoms with Gasteiger partial charge in [-0.1, -0.05) is 20.8 Å². The van der Waals surface area contributed by atoms with Crippen LogP contribution in [0.4, 0.5) is 0 Å². The zero-order valence-corrected chi connectivity index (χ0v) is 8.85. The van der Waals surface area contributed by atoms with Crippen molar-refractivity contribution in [2.75, 3.05) is 0 Å². The maximum Gasteiger partial charge on any atom is 0.328 e. The van der Waals surface area contributed by atoms with Gasteiger partial charge in [0.1, 0.15) is 12.4 Å². The second-order valence-corrected chi connectivity index (χ2v) is 4.31. The minimum absolute atomic E-state index is 0.149. The van der Waals surface area contributed by atoms with Crippen LogP contribution in [0, 0.1) is 0 Å². The predicted molar refractivity (Wildman–Crippen MR) is 51.1 cm³/mol. The number of carboxylic acid groups (broad SMARTS) is 1. The van der Waals surface area contributed by atoms with Crippen LogP contribution in [0.3, 0.4) is 0 Å². The highest BCUT2D eigenvalue weighted by atomic mass is 16.4. The maximum atomic E-state index is 10.7. The van der Waals surface area contributed by atoms with E-state index in [1.54, 1.807) is 6.92 Å². The molecule has 0 bridgehead atoms. The van der Waals surface area contributed by atoms with Crippen molar-refractivity contribution >= 4 is 5.97 Å². The number of nitrogens with zero attached hydrogens (tertiary/aromatic N) is 3. The van der Waals surface area contributed by atoms with E-state index < -0.39 is 12.0 Å². The molecule has 1 unspecified atom stereocenters. The Labute approximate surface area is 82.8 Å². The molecule has 0 aliphatic rings. The van der Waals surface area contributed by atoms with Gasteiger partial charge in [0.25, 0.3) is 0 Å². The molecule has 78 valence electrons. The molecule has 0 saturated heterocycles. The number of carboxylic acids is 1. The Morgan fingerprint density at radius 2 is 2.14 bits per heavy atom. The van der Waals surface area contributed by atoms with Gasteiger partial charge in [0, 0.05) is 5.41 Å². The summed E-state index contributed by atoms with van der Waals surface area (Å²) in [6, 6.07) is -0.668. The van der Waals surface area contributed by atoms with E-state index in [9.17, 15) is 4.79 Å². The lowest BCUT2D eigenvalue weighted by atomic mass is 9.96. The van der Waals surface area contributed by atoms with Crippen LogP contribution in [-0.4, -0.2) is 25.8 Å². The Hall–Kier alpha value is -1.39. The predicted octanol–water partition coefficient (Wildman–Crippen LogP) is 1.22. The van der Waals surface area contributed by atoms with E-state index in [0.29, 0.717) is 5.82 Å². The number of aromatic nitrogens is 3. The summed E-state index contributed by atoms with van der Waals surface area (Å²) in [5, 5.41) is 12.9. The molecule has 0 radical (unpaired) electrons. The van der Waals surface area contributed by atoms with Crippen molar-refractivity contribution in [1.29, 1.82) is 0 Å². The highest BCUT2D eigenvalue weighted by molar-refractivity contribution is 5.71. The molecule has 1 rings (SSSR count). The van der Waals surface area contributed by atoms with Gasteiger partial charge < -0.3 is 5.11 Å². The normalized spacial score (nSPS) is 14.0. The van der Waals surface area contributed by atoms with Crippen LogP contribution in [0.2, 0.25) is 0 Å². The number of hydrogen-bond donors (Lipinski definition) is 1. The molecular formula is C9H15N3O2. The summed E-state index contributed by atoms with van der Waals surface area (Å²) in [4.78, 5) is 14.7. The molecular weight excluding hydrogens is 182 g/mol. The third kappa shape index (κ3) is 2.10. The molecule has 1 aromatic heterocycles. The van der Waals surface area contributed by atoms with Gasteiger partial charge in [-0.05, 0) is 6.92 Å². The molecule has 0 amide bonds. The van der Waals surface area contributed by atoms with Crippen LogP contribution in [0.15, 0.2) is 6.33 Å². The fourth-order valence-electron chi connectivity index (χ4n) is 0.918. The van der Waals surface area contributed by atoms with Gasteiger partial charge >= 0.3 is 5.97 Å². The van der Waals surface area contributed by atoms with E-state index in [1.165, 1.54) is 11.0 Å². The monoisotopic (exact) mass is 197 g/mol. The minimum Gasteiger partial charge on any atom is -0.480 e. The van der Waals surface area contributed by atoms with E-state index in [0.717, 1.165) is 0 Å². The zero-order valence-electron chi connectivity index (χ0n) is 8.85. The van der Waals surface area contributed by atoms with Gasteiger partial charge in [-0.2, -0.15) is 5.10 Å². The second kappa shape index (κ2) is 3.40. The summed E-state index contributed by atoms with van der Waals surface area (Å²) in [5.41, 5.74) is -0.149. The maximum absolute atomic E-state index is 10.7. The lowest BCUT2D eigenvalue weighted by Crippen LogP contribution is -2.18. The van der Waals surface area contributed by atoms with Gasteiger partial charge in [-0.15, -0.1) is 0 Å². The number of carbonyl (C=O) groups is 1. The molecule has 0 aliphatic heterocycles. The summed E-state index contributed by atoms with van der Waals surface area (Å²) in [6.07, 6.45) is 1.46. The quantitative estimate of drug-likeness (QED) is 0.774. The lowest BCUT2D eigenvalue weighted by Gasteiger charge is -2.12. The fraction of sp³-hybridized carbons (Fsp3) is 0.667. The van der Waals surface area contributed by atoms with E-state index in [1.807, 2.05) is 20.8 Å². The Morgan fingerprint density at radius 3 is 2.50 bits per heavy atom. The molecule has 0 spiro atoms. The van der Waals surface area contributed by atoms with E-state index >= 15 is 0 Å². The highest BCUT2D eigenvalue weighted by Crippen LogP contribution is 2.18. The summed E-state index contributed by atoms with van der Waals surface area (Å²) >= 11 is 0. The Morgan fingerprint density at radius 1 is 1.57 bits per heavy atom. The topological polar surface area (TPSA) is 68.0 Å². The lowest BCUT2D eigenvalue weighted by molar-refractivity contribution is -0.140. The summed E-state index contributed by atoms with van der Waals surface area (Å²) in [6.45, 7) is 7.53. The Balaban J connectivity index is 2.94. The van der Waals surface area contributed by atoms with Crippen LogP contribution in [0.25, 0.3) is 0 Å². The van der Waals surface area contributed by atoms with Crippen molar-refractivity contribution in [2.24, 2.45) is 0 Å². The first kappa shape index (κ1) is 10.7. The molecule has 5 heteroatoms. The number of hydrogen-bond acceptors (Lipinski definition) is 3. The summed E-state index contributed by atoms with van der Waals surface area (Å²) in [7, 11) is 0. The highest BCUT2D eigenvalue weighted by Gasteiger charge is 2.21. The average molecular weight is 197 g/mol. The Kier molecular flexibility index (Phi) is 2.59. The SMILES string of the molecule is CC(C(=O)O)n1cnc(C(C)(C)C)n1. The van der Waals surface area contributed by atoms with Gasteiger partial charge in [0.15, 0.2) is 5.82 Å². The van der Waals surface area contributed by atoms with Crippen LogP contribution in [-0.2, 0) is 10.2 Å². The number of rotatable bonds is 2. The first-order valence-corrected chi connectivity index (χ1v) is 4.47. The first-order valence-electron chi connectivity index (χ1n) is 4.47. The standard InChI is InChI=1S/C9H15N3O2/c1-6(7(13)14)12-5-10-8(11-12)9(2,3)4/h5-6H,1-4H3,(H,13,14). The van der Waals surface area contributed by atoms with Gasteiger partial charge in [-0.25, -0.2) is 14.5 Å². The second-order valence-electron chi connectivity index (χ2n) is 4.31. The third-order valence-electron chi connectivity index (χ3n) is 1.93. The van der Waals surface area contributed by atoms with Crippen LogP contribution in [0.5, 0.6) is 0 Å². The molecule has 1 heterocycles. The number of aliphatic carboxylic acids is 1. The van der Waals surface area contributed by atoms with Crippen molar-refractivity contribution in [3.8, 4) is 0 Å². The van der Waals surface area contributed by atoms with E-state index in [4.69, 9.17) is 5.11 Å². The molecule has 1 N–H and O–H groups in total. The summed E-state index contributed by atoms with van der Waals surface area (Å²) < 4.78 is 1.36. The molecule has 14 heavy (non-hydrogen) atoms. The van der Waals surface area contributed by atoms with Crippen molar-refractivity contribution in [1.82, 2.24) is 14.8 Å². The van der Waals surface area contributed by atoms with Crippen LogP contribution < -0.4 is 0 Å². The van der Waals surface area contributed by atoms with Crippen molar-refractivity contribution in [2.45, 2.75) is 39.2 Å². The Bertz CT molecular complexity index is 338. The molecule has 0 aromatic carbocycles. The van der Waals surface area contributed by atoms with E-state index in [2.05, 4.69) is 10.1 Å². The molecule has 0 saturated carbocycles. The largest absolute Gasteiger partial charge is 0.480 e. The van der Waals surface area contributed by atoms with Crippen molar-refractivity contribution in [3.05, 3.63) is 12.2 Å². The zero-order chi connectivity index (χ0) is 10.9. The molecule has 0 aliphatic carbocycles. The minimum atomic E-state index is -0.907. The molecule has 0 fully saturated rings. The van der Waals surface area contributed by atoms with Crippen LogP contribution >= 0.6 is 0 Å².